The third-order valence-electron chi connectivity index (χ3n) is 3.05. The number of carbonyl (C=O) groups is 1. The molecule has 0 atom stereocenters. The number of urea groups is 1. The van der Waals surface area contributed by atoms with Crippen molar-refractivity contribution in [2.45, 2.75) is 6.92 Å². The van der Waals surface area contributed by atoms with Gasteiger partial charge in [-0.3, -0.25) is 4.90 Å². The molecule has 5 nitrogen and oxygen atoms in total. The predicted molar refractivity (Wildman–Crippen MR) is 84.1 cm³/mol. The van der Waals surface area contributed by atoms with Gasteiger partial charge in [-0.05, 0) is 43.3 Å². The third kappa shape index (κ3) is 3.31. The number of carbonyl (C=O) groups excluding carboxylic acids is 1. The minimum atomic E-state index is -0.264. The average molecular weight is 280 g/mol. The number of hydrogen-bond acceptors (Lipinski definition) is 3. The number of nitriles is 1. The van der Waals surface area contributed by atoms with Gasteiger partial charge in [0.1, 0.15) is 0 Å². The van der Waals surface area contributed by atoms with Crippen LogP contribution >= 0.6 is 0 Å². The van der Waals surface area contributed by atoms with Crippen LogP contribution in [0.5, 0.6) is 0 Å². The van der Waals surface area contributed by atoms with E-state index in [-0.39, 0.29) is 6.03 Å². The fourth-order valence-corrected chi connectivity index (χ4v) is 1.98. The Morgan fingerprint density at radius 1 is 1.24 bits per heavy atom. The molecule has 0 bridgehead atoms. The largest absolute Gasteiger partial charge is 0.397 e. The number of nitrogen functional groups attached to an aromatic ring is 1. The van der Waals surface area contributed by atoms with Gasteiger partial charge in [-0.1, -0.05) is 12.1 Å². The van der Waals surface area contributed by atoms with Crippen molar-refractivity contribution in [1.82, 2.24) is 0 Å². The second-order valence-corrected chi connectivity index (χ2v) is 4.42. The van der Waals surface area contributed by atoms with Crippen LogP contribution in [0.1, 0.15) is 12.5 Å². The van der Waals surface area contributed by atoms with Crippen LogP contribution in [0.15, 0.2) is 48.5 Å². The highest BCUT2D eigenvalue weighted by atomic mass is 16.2. The Labute approximate surface area is 123 Å². The Balaban J connectivity index is 2.17. The zero-order valence-electron chi connectivity index (χ0n) is 11.7. The van der Waals surface area contributed by atoms with Crippen LogP contribution in [-0.2, 0) is 0 Å². The fraction of sp³-hybridized carbons (Fsp3) is 0.125. The van der Waals surface area contributed by atoms with Crippen molar-refractivity contribution in [3.8, 4) is 6.07 Å². The molecule has 2 amide bonds. The SMILES string of the molecule is CCN(C(=O)Nc1ccc(C#N)cc1)c1ccccc1N. The van der Waals surface area contributed by atoms with Gasteiger partial charge < -0.3 is 11.1 Å². The molecule has 0 spiro atoms. The number of anilines is 3. The topological polar surface area (TPSA) is 82.2 Å². The molecule has 2 rings (SSSR count). The first-order valence-corrected chi connectivity index (χ1v) is 6.59. The molecular weight excluding hydrogens is 264 g/mol. The second kappa shape index (κ2) is 6.44. The van der Waals surface area contributed by atoms with Crippen molar-refractivity contribution in [2.24, 2.45) is 0 Å². The normalized spacial score (nSPS) is 9.71. The lowest BCUT2D eigenvalue weighted by molar-refractivity contribution is 0.257. The molecule has 0 aromatic heterocycles. The molecule has 0 radical (unpaired) electrons. The fourth-order valence-electron chi connectivity index (χ4n) is 1.98. The van der Waals surface area contributed by atoms with Crippen LogP contribution in [0.3, 0.4) is 0 Å². The summed E-state index contributed by atoms with van der Waals surface area (Å²) in [6, 6.07) is 15.7. The third-order valence-corrected chi connectivity index (χ3v) is 3.05. The van der Waals surface area contributed by atoms with Gasteiger partial charge in [-0.25, -0.2) is 4.79 Å². The van der Waals surface area contributed by atoms with Crippen LogP contribution in [0.2, 0.25) is 0 Å². The quantitative estimate of drug-likeness (QED) is 0.847. The molecule has 3 N–H and O–H groups in total. The smallest absolute Gasteiger partial charge is 0.326 e. The van der Waals surface area contributed by atoms with Gasteiger partial charge in [-0.2, -0.15) is 5.26 Å². The summed E-state index contributed by atoms with van der Waals surface area (Å²) >= 11 is 0. The summed E-state index contributed by atoms with van der Waals surface area (Å²) in [4.78, 5) is 13.9. The van der Waals surface area contributed by atoms with Gasteiger partial charge >= 0.3 is 6.03 Å². The zero-order valence-corrected chi connectivity index (χ0v) is 11.7. The van der Waals surface area contributed by atoms with Crippen LogP contribution in [0.25, 0.3) is 0 Å². The van der Waals surface area contributed by atoms with E-state index in [1.54, 1.807) is 41.3 Å². The summed E-state index contributed by atoms with van der Waals surface area (Å²) in [7, 11) is 0. The molecule has 2 aromatic rings. The minimum Gasteiger partial charge on any atom is -0.397 e. The number of nitrogens with two attached hydrogens (primary N) is 1. The van der Waals surface area contributed by atoms with Crippen molar-refractivity contribution in [1.29, 1.82) is 5.26 Å². The Kier molecular flexibility index (Phi) is 4.42. The number of nitrogens with one attached hydrogen (secondary N) is 1. The molecule has 0 aliphatic rings. The number of para-hydroxylation sites is 2. The van der Waals surface area contributed by atoms with Gasteiger partial charge in [0, 0.05) is 12.2 Å². The molecular formula is C16H16N4O. The zero-order chi connectivity index (χ0) is 15.2. The lowest BCUT2D eigenvalue weighted by Crippen LogP contribution is -2.35. The molecule has 0 saturated carbocycles. The second-order valence-electron chi connectivity index (χ2n) is 4.42. The van der Waals surface area contributed by atoms with E-state index >= 15 is 0 Å². The first-order valence-electron chi connectivity index (χ1n) is 6.59. The molecule has 0 unspecified atom stereocenters. The van der Waals surface area contributed by atoms with Crippen molar-refractivity contribution in [2.75, 3.05) is 22.5 Å². The Bertz CT molecular complexity index is 673. The van der Waals surface area contributed by atoms with E-state index in [2.05, 4.69) is 5.32 Å². The van der Waals surface area contributed by atoms with E-state index in [1.807, 2.05) is 25.1 Å². The van der Waals surface area contributed by atoms with Crippen molar-refractivity contribution < 1.29 is 4.79 Å². The number of rotatable bonds is 3. The first-order chi connectivity index (χ1) is 10.2. The monoisotopic (exact) mass is 280 g/mol. The van der Waals surface area contributed by atoms with Crippen molar-refractivity contribution in [3.63, 3.8) is 0 Å². The Morgan fingerprint density at radius 3 is 2.48 bits per heavy atom. The summed E-state index contributed by atoms with van der Waals surface area (Å²) in [5.74, 6) is 0. The van der Waals surface area contributed by atoms with E-state index in [1.165, 1.54) is 0 Å². The standard InChI is InChI=1S/C16H16N4O/c1-2-20(15-6-4-3-5-14(15)18)16(21)19-13-9-7-12(11-17)8-10-13/h3-10H,2,18H2,1H3,(H,19,21). The van der Waals surface area contributed by atoms with Crippen molar-refractivity contribution >= 4 is 23.1 Å². The summed E-state index contributed by atoms with van der Waals surface area (Å²) in [6.07, 6.45) is 0. The predicted octanol–water partition coefficient (Wildman–Crippen LogP) is 3.20. The maximum absolute atomic E-state index is 12.3. The average Bonchev–Trinajstić information content (AvgIpc) is 2.50. The molecule has 106 valence electrons. The molecule has 21 heavy (non-hydrogen) atoms. The van der Waals surface area contributed by atoms with E-state index < -0.39 is 0 Å². The lowest BCUT2D eigenvalue weighted by atomic mass is 10.2. The van der Waals surface area contributed by atoms with Crippen LogP contribution in [0, 0.1) is 11.3 Å². The highest BCUT2D eigenvalue weighted by Gasteiger charge is 2.15. The first kappa shape index (κ1) is 14.4. The number of hydrogen-bond donors (Lipinski definition) is 2. The van der Waals surface area contributed by atoms with Gasteiger partial charge in [0.05, 0.1) is 23.0 Å². The van der Waals surface area contributed by atoms with Gasteiger partial charge in [0.25, 0.3) is 0 Å². The molecule has 0 aliphatic heterocycles. The van der Waals surface area contributed by atoms with Crippen LogP contribution < -0.4 is 16.0 Å². The summed E-state index contributed by atoms with van der Waals surface area (Å²) in [6.45, 7) is 2.38. The van der Waals surface area contributed by atoms with Gasteiger partial charge in [0.15, 0.2) is 0 Å². The maximum atomic E-state index is 12.3. The Morgan fingerprint density at radius 2 is 1.90 bits per heavy atom. The van der Waals surface area contributed by atoms with E-state index in [0.717, 1.165) is 0 Å². The van der Waals surface area contributed by atoms with E-state index in [9.17, 15) is 4.79 Å². The molecule has 5 heteroatoms. The van der Waals surface area contributed by atoms with E-state index in [4.69, 9.17) is 11.0 Å². The van der Waals surface area contributed by atoms with Crippen LogP contribution in [0.4, 0.5) is 21.9 Å². The van der Waals surface area contributed by atoms with Crippen molar-refractivity contribution in [3.05, 3.63) is 54.1 Å². The number of amides is 2. The summed E-state index contributed by atoms with van der Waals surface area (Å²) in [5.41, 5.74) is 8.31. The highest BCUT2D eigenvalue weighted by molar-refractivity contribution is 6.03. The van der Waals surface area contributed by atoms with Gasteiger partial charge in [-0.15, -0.1) is 0 Å². The molecule has 0 aliphatic carbocycles. The van der Waals surface area contributed by atoms with E-state index in [0.29, 0.717) is 29.2 Å². The summed E-state index contributed by atoms with van der Waals surface area (Å²) in [5, 5.41) is 11.5. The Hall–Kier alpha value is -3.00. The lowest BCUT2D eigenvalue weighted by Gasteiger charge is -2.23. The molecule has 0 heterocycles. The summed E-state index contributed by atoms with van der Waals surface area (Å²) < 4.78 is 0. The maximum Gasteiger partial charge on any atom is 0.326 e. The van der Waals surface area contributed by atoms with Gasteiger partial charge in [0.2, 0.25) is 0 Å². The molecule has 2 aromatic carbocycles. The van der Waals surface area contributed by atoms with Crippen LogP contribution in [-0.4, -0.2) is 12.6 Å². The number of nitrogens with zero attached hydrogens (tertiary/aromatic N) is 2. The number of benzene rings is 2. The highest BCUT2D eigenvalue weighted by Crippen LogP contribution is 2.23. The molecule has 0 saturated heterocycles. The molecule has 0 fully saturated rings. The minimum absolute atomic E-state index is 0.264.